The van der Waals surface area contributed by atoms with Gasteiger partial charge < -0.3 is 0 Å². The molecule has 104 valence electrons. The maximum absolute atomic E-state index is 12.9. The molecular weight excluding hydrogens is 280 g/mol. The number of hydrogen-bond acceptors (Lipinski definition) is 3. The fourth-order valence-electron chi connectivity index (χ4n) is 2.34. The van der Waals surface area contributed by atoms with Gasteiger partial charge in [-0.3, -0.25) is 9.36 Å². The van der Waals surface area contributed by atoms with E-state index in [1.807, 2.05) is 42.6 Å². The Balaban J connectivity index is 2.42. The van der Waals surface area contributed by atoms with E-state index < -0.39 is 0 Å². The van der Waals surface area contributed by atoms with Gasteiger partial charge in [-0.1, -0.05) is 31.0 Å². The molecule has 0 radical (unpaired) electrons. The molecule has 3 nitrogen and oxygen atoms in total. The van der Waals surface area contributed by atoms with Crippen LogP contribution in [0, 0.1) is 11.8 Å². The molecule has 0 unspecified atom stereocenters. The molecule has 0 spiro atoms. The zero-order chi connectivity index (χ0) is 14.8. The minimum absolute atomic E-state index is 0.0398. The van der Waals surface area contributed by atoms with Gasteiger partial charge in [-0.15, -0.1) is 17.3 Å². The van der Waals surface area contributed by atoms with Gasteiger partial charge in [0, 0.05) is 11.8 Å². The van der Waals surface area contributed by atoms with Crippen LogP contribution < -0.4 is 5.56 Å². The molecule has 0 fully saturated rings. The number of rotatable bonds is 2. The van der Waals surface area contributed by atoms with Gasteiger partial charge in [0.05, 0.1) is 16.6 Å². The van der Waals surface area contributed by atoms with Crippen molar-refractivity contribution in [1.29, 1.82) is 0 Å². The van der Waals surface area contributed by atoms with Gasteiger partial charge >= 0.3 is 0 Å². The van der Waals surface area contributed by atoms with Crippen LogP contribution in [0.3, 0.4) is 0 Å². The molecule has 2 heterocycles. The van der Waals surface area contributed by atoms with E-state index in [0.717, 1.165) is 21.9 Å². The van der Waals surface area contributed by atoms with Crippen molar-refractivity contribution in [3.8, 4) is 17.5 Å². The van der Waals surface area contributed by atoms with Gasteiger partial charge in [0.1, 0.15) is 10.7 Å². The second-order valence-electron chi connectivity index (χ2n) is 4.56. The number of para-hydroxylation sites is 1. The van der Waals surface area contributed by atoms with Crippen molar-refractivity contribution in [2.45, 2.75) is 20.3 Å². The lowest BCUT2D eigenvalue weighted by atomic mass is 10.2. The van der Waals surface area contributed by atoms with Crippen LogP contribution in [0.5, 0.6) is 0 Å². The molecule has 0 amide bonds. The highest BCUT2D eigenvalue weighted by Crippen LogP contribution is 2.22. The zero-order valence-corrected chi connectivity index (χ0v) is 12.7. The molecule has 0 aliphatic carbocycles. The van der Waals surface area contributed by atoms with Gasteiger partial charge in [0.2, 0.25) is 0 Å². The van der Waals surface area contributed by atoms with Crippen LogP contribution in [0.1, 0.15) is 25.2 Å². The molecule has 0 saturated carbocycles. The molecular formula is C17H14N2OS. The lowest BCUT2D eigenvalue weighted by Crippen LogP contribution is -2.23. The molecule has 0 N–H and O–H groups in total. The first-order chi connectivity index (χ1) is 10.3. The maximum Gasteiger partial charge on any atom is 0.268 e. The Morgan fingerprint density at radius 1 is 1.29 bits per heavy atom. The third-order valence-electron chi connectivity index (χ3n) is 3.27. The highest BCUT2D eigenvalue weighted by atomic mass is 32.1. The largest absolute Gasteiger partial charge is 0.268 e. The number of aromatic nitrogens is 2. The van der Waals surface area contributed by atoms with Crippen LogP contribution in [-0.2, 0) is 6.42 Å². The van der Waals surface area contributed by atoms with E-state index in [1.165, 1.54) is 11.3 Å². The summed E-state index contributed by atoms with van der Waals surface area (Å²) in [6.07, 6.45) is 0.701. The minimum Gasteiger partial charge on any atom is -0.268 e. The summed E-state index contributed by atoms with van der Waals surface area (Å²) in [6.45, 7) is 3.78. The quantitative estimate of drug-likeness (QED) is 0.679. The molecule has 0 saturated heterocycles. The van der Waals surface area contributed by atoms with Gasteiger partial charge in [0.15, 0.2) is 0 Å². The summed E-state index contributed by atoms with van der Waals surface area (Å²) in [7, 11) is 0. The van der Waals surface area contributed by atoms with Crippen molar-refractivity contribution in [1.82, 2.24) is 9.55 Å². The van der Waals surface area contributed by atoms with Crippen LogP contribution in [-0.4, -0.2) is 9.55 Å². The number of benzene rings is 1. The van der Waals surface area contributed by atoms with Gasteiger partial charge in [-0.05, 0) is 19.1 Å². The third-order valence-corrected chi connectivity index (χ3v) is 4.14. The van der Waals surface area contributed by atoms with Crippen LogP contribution >= 0.6 is 11.3 Å². The van der Waals surface area contributed by atoms with Crippen LogP contribution in [0.4, 0.5) is 0 Å². The Labute approximate surface area is 126 Å². The fraction of sp³-hybridized carbons (Fsp3) is 0.176. The Kier molecular flexibility index (Phi) is 3.59. The van der Waals surface area contributed by atoms with E-state index in [1.54, 1.807) is 11.5 Å². The summed E-state index contributed by atoms with van der Waals surface area (Å²) in [5.41, 5.74) is 1.57. The maximum atomic E-state index is 12.9. The number of aryl methyl sites for hydroxylation is 1. The van der Waals surface area contributed by atoms with Gasteiger partial charge in [-0.2, -0.15) is 0 Å². The summed E-state index contributed by atoms with van der Waals surface area (Å²) < 4.78 is 1.69. The average molecular weight is 294 g/mol. The van der Waals surface area contributed by atoms with Gasteiger partial charge in [-0.25, -0.2) is 4.98 Å². The van der Waals surface area contributed by atoms with E-state index in [0.29, 0.717) is 11.8 Å². The van der Waals surface area contributed by atoms with Crippen molar-refractivity contribution < 1.29 is 0 Å². The number of nitrogens with zero attached hydrogens (tertiary/aromatic N) is 2. The molecule has 0 aliphatic rings. The third kappa shape index (κ3) is 2.26. The predicted molar refractivity (Wildman–Crippen MR) is 87.1 cm³/mol. The Morgan fingerprint density at radius 3 is 2.71 bits per heavy atom. The minimum atomic E-state index is -0.0398. The summed E-state index contributed by atoms with van der Waals surface area (Å²) in [5.74, 6) is 6.63. The molecule has 4 heteroatoms. The Bertz CT molecular complexity index is 911. The summed E-state index contributed by atoms with van der Waals surface area (Å²) >= 11 is 1.47. The predicted octanol–water partition coefficient (Wildman–Crippen LogP) is 3.38. The van der Waals surface area contributed by atoms with E-state index in [-0.39, 0.29) is 5.56 Å². The van der Waals surface area contributed by atoms with E-state index in [4.69, 9.17) is 0 Å². The number of hydrogen-bond donors (Lipinski definition) is 0. The molecule has 3 aromatic rings. The fourth-order valence-corrected chi connectivity index (χ4v) is 3.22. The monoisotopic (exact) mass is 294 g/mol. The highest BCUT2D eigenvalue weighted by molar-refractivity contribution is 7.17. The molecule has 0 atom stereocenters. The average Bonchev–Trinajstić information content (AvgIpc) is 2.91. The SMILES string of the molecule is CC#Cc1csc2nc(CC)n(-c3ccccc3)c(=O)c12. The van der Waals surface area contributed by atoms with Crippen LogP contribution in [0.2, 0.25) is 0 Å². The molecule has 0 bridgehead atoms. The second-order valence-corrected chi connectivity index (χ2v) is 5.42. The van der Waals surface area contributed by atoms with Crippen molar-refractivity contribution in [2.75, 3.05) is 0 Å². The highest BCUT2D eigenvalue weighted by Gasteiger charge is 2.15. The summed E-state index contributed by atoms with van der Waals surface area (Å²) in [4.78, 5) is 18.3. The lowest BCUT2D eigenvalue weighted by molar-refractivity contribution is 0.835. The number of thiophene rings is 1. The molecule has 21 heavy (non-hydrogen) atoms. The molecule has 1 aromatic carbocycles. The topological polar surface area (TPSA) is 34.9 Å². The van der Waals surface area contributed by atoms with Crippen molar-refractivity contribution in [2.24, 2.45) is 0 Å². The van der Waals surface area contributed by atoms with E-state index in [9.17, 15) is 4.79 Å². The van der Waals surface area contributed by atoms with E-state index >= 15 is 0 Å². The Morgan fingerprint density at radius 2 is 2.05 bits per heavy atom. The van der Waals surface area contributed by atoms with Crippen molar-refractivity contribution in [3.63, 3.8) is 0 Å². The molecule has 2 aromatic heterocycles. The summed E-state index contributed by atoms with van der Waals surface area (Å²) in [5, 5.41) is 2.53. The van der Waals surface area contributed by atoms with Crippen molar-refractivity contribution >= 4 is 21.6 Å². The first-order valence-corrected chi connectivity index (χ1v) is 7.65. The zero-order valence-electron chi connectivity index (χ0n) is 11.9. The summed E-state index contributed by atoms with van der Waals surface area (Å²) in [6, 6.07) is 9.62. The Hall–Kier alpha value is -2.38. The normalized spacial score (nSPS) is 10.4. The molecule has 3 rings (SSSR count). The van der Waals surface area contributed by atoms with E-state index in [2.05, 4.69) is 16.8 Å². The van der Waals surface area contributed by atoms with Crippen molar-refractivity contribution in [3.05, 3.63) is 57.5 Å². The van der Waals surface area contributed by atoms with Crippen LogP contribution in [0.25, 0.3) is 15.9 Å². The smallest absolute Gasteiger partial charge is 0.268 e. The van der Waals surface area contributed by atoms with Crippen LogP contribution in [0.15, 0.2) is 40.5 Å². The second kappa shape index (κ2) is 5.55. The lowest BCUT2D eigenvalue weighted by Gasteiger charge is -2.11. The first kappa shape index (κ1) is 13.6. The first-order valence-electron chi connectivity index (χ1n) is 6.77. The number of fused-ring (bicyclic) bond motifs is 1. The molecule has 0 aliphatic heterocycles. The van der Waals surface area contributed by atoms with Gasteiger partial charge in [0.25, 0.3) is 5.56 Å². The standard InChI is InChI=1S/C17H14N2OS/c1-3-8-12-11-21-16-15(12)17(20)19(14(4-2)18-16)13-9-6-5-7-10-13/h5-7,9-11H,4H2,1-2H3.